The average molecular weight is 399 g/mol. The van der Waals surface area contributed by atoms with Crippen LogP contribution in [-0.4, -0.2) is 55.3 Å². The highest BCUT2D eigenvalue weighted by Crippen LogP contribution is 2.15. The van der Waals surface area contributed by atoms with Crippen molar-refractivity contribution < 1.29 is 19.1 Å². The van der Waals surface area contributed by atoms with Crippen LogP contribution in [-0.2, 0) is 14.3 Å². The fourth-order valence-corrected chi connectivity index (χ4v) is 3.53. The van der Waals surface area contributed by atoms with Gasteiger partial charge in [0.2, 0.25) is 0 Å². The first-order valence-electron chi connectivity index (χ1n) is 11.4. The van der Waals surface area contributed by atoms with E-state index in [4.69, 9.17) is 9.47 Å². The first-order valence-corrected chi connectivity index (χ1v) is 11.4. The molecule has 1 rings (SSSR count). The summed E-state index contributed by atoms with van der Waals surface area (Å²) < 4.78 is 10.8. The molecule has 1 heterocycles. The van der Waals surface area contributed by atoms with Crippen molar-refractivity contribution in [3.63, 3.8) is 0 Å². The Morgan fingerprint density at radius 3 is 2.32 bits per heavy atom. The molecule has 0 aromatic carbocycles. The number of likely N-dealkylation sites (tertiary alicyclic amines) is 1. The number of alkyl carbamates (subject to hydrolysis) is 1. The molecule has 0 aromatic rings. The minimum absolute atomic E-state index is 0.112. The number of rotatable bonds is 15. The van der Waals surface area contributed by atoms with Gasteiger partial charge in [-0.25, -0.2) is 4.79 Å². The third-order valence-electron chi connectivity index (χ3n) is 5.09. The van der Waals surface area contributed by atoms with Gasteiger partial charge in [0.1, 0.15) is 6.10 Å². The summed E-state index contributed by atoms with van der Waals surface area (Å²) in [5.74, 6) is -0.221. The van der Waals surface area contributed by atoms with Gasteiger partial charge in [-0.15, -0.1) is 0 Å². The van der Waals surface area contributed by atoms with Crippen LogP contribution in [0.25, 0.3) is 0 Å². The van der Waals surface area contributed by atoms with E-state index in [1.807, 2.05) is 13.8 Å². The summed E-state index contributed by atoms with van der Waals surface area (Å²) >= 11 is 0. The molecular formula is C22H42N2O4. The van der Waals surface area contributed by atoms with E-state index < -0.39 is 0 Å². The SMILES string of the molecule is CCCCCCCCC(CCC(=O)OC(C)C)OC(=O)NCCN1CCCC1. The summed E-state index contributed by atoms with van der Waals surface area (Å²) in [5, 5.41) is 2.86. The van der Waals surface area contributed by atoms with E-state index in [1.54, 1.807) is 0 Å². The van der Waals surface area contributed by atoms with Crippen LogP contribution in [0, 0.1) is 0 Å². The van der Waals surface area contributed by atoms with Gasteiger partial charge in [0.15, 0.2) is 0 Å². The molecule has 0 aliphatic carbocycles. The zero-order chi connectivity index (χ0) is 20.6. The number of hydrogen-bond donors (Lipinski definition) is 1. The molecule has 164 valence electrons. The summed E-state index contributed by atoms with van der Waals surface area (Å²) in [7, 11) is 0. The minimum atomic E-state index is -0.368. The van der Waals surface area contributed by atoms with Crippen LogP contribution in [0.4, 0.5) is 4.79 Å². The highest BCUT2D eigenvalue weighted by atomic mass is 16.6. The van der Waals surface area contributed by atoms with Crippen LogP contribution in [0.1, 0.15) is 91.4 Å². The third kappa shape index (κ3) is 13.0. The molecule has 0 aromatic heterocycles. The molecule has 0 bridgehead atoms. The Labute approximate surface area is 171 Å². The Morgan fingerprint density at radius 2 is 1.64 bits per heavy atom. The molecule has 0 saturated carbocycles. The maximum atomic E-state index is 12.2. The van der Waals surface area contributed by atoms with Gasteiger partial charge in [-0.2, -0.15) is 0 Å². The van der Waals surface area contributed by atoms with Crippen molar-refractivity contribution in [2.24, 2.45) is 0 Å². The van der Waals surface area contributed by atoms with Gasteiger partial charge in [0.25, 0.3) is 0 Å². The summed E-state index contributed by atoms with van der Waals surface area (Å²) in [6, 6.07) is 0. The largest absolute Gasteiger partial charge is 0.463 e. The third-order valence-corrected chi connectivity index (χ3v) is 5.09. The van der Waals surface area contributed by atoms with Crippen molar-refractivity contribution >= 4 is 12.1 Å². The lowest BCUT2D eigenvalue weighted by atomic mass is 10.0. The van der Waals surface area contributed by atoms with Crippen LogP contribution in [0.15, 0.2) is 0 Å². The molecule has 0 spiro atoms. The number of esters is 1. The fraction of sp³-hybridized carbons (Fsp3) is 0.909. The Bertz CT molecular complexity index is 423. The molecule has 1 aliphatic heterocycles. The molecule has 1 saturated heterocycles. The van der Waals surface area contributed by atoms with Gasteiger partial charge in [-0.05, 0) is 59.0 Å². The van der Waals surface area contributed by atoms with Crippen molar-refractivity contribution in [2.75, 3.05) is 26.2 Å². The molecule has 1 aliphatic rings. The van der Waals surface area contributed by atoms with E-state index in [2.05, 4.69) is 17.1 Å². The molecule has 1 fully saturated rings. The molecule has 1 unspecified atom stereocenters. The van der Waals surface area contributed by atoms with Crippen molar-refractivity contribution in [3.8, 4) is 0 Å². The van der Waals surface area contributed by atoms with E-state index in [9.17, 15) is 9.59 Å². The van der Waals surface area contributed by atoms with Crippen molar-refractivity contribution in [2.45, 2.75) is 104 Å². The number of unbranched alkanes of at least 4 members (excludes halogenated alkanes) is 5. The smallest absolute Gasteiger partial charge is 0.407 e. The van der Waals surface area contributed by atoms with E-state index in [-0.39, 0.29) is 24.3 Å². The quantitative estimate of drug-likeness (QED) is 0.321. The highest BCUT2D eigenvalue weighted by molar-refractivity contribution is 5.70. The minimum Gasteiger partial charge on any atom is -0.463 e. The summed E-state index contributed by atoms with van der Waals surface area (Å²) in [4.78, 5) is 26.3. The zero-order valence-corrected chi connectivity index (χ0v) is 18.3. The van der Waals surface area contributed by atoms with Gasteiger partial charge < -0.3 is 19.7 Å². The summed E-state index contributed by atoms with van der Waals surface area (Å²) in [6.45, 7) is 9.62. The number of hydrogen-bond acceptors (Lipinski definition) is 5. The summed E-state index contributed by atoms with van der Waals surface area (Å²) in [5.41, 5.74) is 0. The second kappa shape index (κ2) is 15.6. The number of carbonyl (C=O) groups is 2. The van der Waals surface area contributed by atoms with Crippen LogP contribution >= 0.6 is 0 Å². The molecule has 1 atom stereocenters. The Morgan fingerprint density at radius 1 is 0.964 bits per heavy atom. The maximum Gasteiger partial charge on any atom is 0.407 e. The molecule has 1 amide bonds. The van der Waals surface area contributed by atoms with E-state index in [1.165, 1.54) is 38.5 Å². The lowest BCUT2D eigenvalue weighted by molar-refractivity contribution is -0.148. The van der Waals surface area contributed by atoms with Crippen LogP contribution < -0.4 is 5.32 Å². The van der Waals surface area contributed by atoms with E-state index >= 15 is 0 Å². The number of carbonyl (C=O) groups excluding carboxylic acids is 2. The summed E-state index contributed by atoms with van der Waals surface area (Å²) in [6.07, 6.45) is 10.6. The van der Waals surface area contributed by atoms with Crippen molar-refractivity contribution in [1.82, 2.24) is 10.2 Å². The van der Waals surface area contributed by atoms with Gasteiger partial charge in [0, 0.05) is 19.5 Å². The molecule has 28 heavy (non-hydrogen) atoms. The van der Waals surface area contributed by atoms with Crippen LogP contribution in [0.5, 0.6) is 0 Å². The van der Waals surface area contributed by atoms with Crippen molar-refractivity contribution in [3.05, 3.63) is 0 Å². The lowest BCUT2D eigenvalue weighted by Gasteiger charge is -2.19. The normalized spacial score (nSPS) is 15.6. The topological polar surface area (TPSA) is 67.9 Å². The second-order valence-electron chi connectivity index (χ2n) is 8.14. The second-order valence-corrected chi connectivity index (χ2v) is 8.14. The number of nitrogens with one attached hydrogen (secondary N) is 1. The molecular weight excluding hydrogens is 356 g/mol. The number of nitrogens with zero attached hydrogens (tertiary/aromatic N) is 1. The molecule has 1 N–H and O–H groups in total. The van der Waals surface area contributed by atoms with Crippen LogP contribution in [0.2, 0.25) is 0 Å². The van der Waals surface area contributed by atoms with Gasteiger partial charge in [-0.1, -0.05) is 39.0 Å². The molecule has 6 heteroatoms. The number of amides is 1. The zero-order valence-electron chi connectivity index (χ0n) is 18.3. The first kappa shape index (κ1) is 24.7. The van der Waals surface area contributed by atoms with Crippen LogP contribution in [0.3, 0.4) is 0 Å². The highest BCUT2D eigenvalue weighted by Gasteiger charge is 2.18. The fourth-order valence-electron chi connectivity index (χ4n) is 3.53. The van der Waals surface area contributed by atoms with E-state index in [0.29, 0.717) is 19.4 Å². The monoisotopic (exact) mass is 398 g/mol. The molecule has 6 nitrogen and oxygen atoms in total. The van der Waals surface area contributed by atoms with Crippen molar-refractivity contribution in [1.29, 1.82) is 0 Å². The predicted octanol–water partition coefficient (Wildman–Crippen LogP) is 4.66. The number of ether oxygens (including phenoxy) is 2. The molecule has 0 radical (unpaired) electrons. The Balaban J connectivity index is 2.30. The first-order chi connectivity index (χ1) is 13.5. The maximum absolute atomic E-state index is 12.2. The lowest BCUT2D eigenvalue weighted by Crippen LogP contribution is -2.35. The van der Waals surface area contributed by atoms with E-state index in [0.717, 1.165) is 38.9 Å². The Kier molecular flexibility index (Phi) is 13.8. The van der Waals surface area contributed by atoms with Gasteiger partial charge in [-0.3, -0.25) is 4.79 Å². The Hall–Kier alpha value is -1.30. The standard InChI is InChI=1S/C22H42N2O4/c1-4-5-6-7-8-9-12-20(13-14-21(25)27-19(2)3)28-22(26)23-15-18-24-16-10-11-17-24/h19-20H,4-18H2,1-3H3,(H,23,26). The average Bonchev–Trinajstić information content (AvgIpc) is 3.15. The predicted molar refractivity (Wildman–Crippen MR) is 112 cm³/mol. The van der Waals surface area contributed by atoms with Gasteiger partial charge in [0.05, 0.1) is 6.10 Å². The van der Waals surface area contributed by atoms with Gasteiger partial charge >= 0.3 is 12.1 Å².